The molecule has 1 saturated carbocycles. The van der Waals surface area contributed by atoms with Crippen LogP contribution in [-0.2, 0) is 0 Å². The largest absolute Gasteiger partial charge is 0.371 e. The number of hydrogen-bond acceptors (Lipinski definition) is 1. The van der Waals surface area contributed by atoms with Gasteiger partial charge in [0.1, 0.15) is 0 Å². The molecule has 3 heteroatoms. The van der Waals surface area contributed by atoms with E-state index in [1.807, 2.05) is 0 Å². The molecule has 2 nitrogen and oxygen atoms in total. The molecule has 0 aromatic carbocycles. The minimum absolute atomic E-state index is 0. The van der Waals surface area contributed by atoms with E-state index in [2.05, 4.69) is 5.32 Å². The van der Waals surface area contributed by atoms with Gasteiger partial charge < -0.3 is 5.32 Å². The van der Waals surface area contributed by atoms with E-state index in [0.29, 0.717) is 6.04 Å². The van der Waals surface area contributed by atoms with Crippen molar-refractivity contribution in [3.63, 3.8) is 0 Å². The van der Waals surface area contributed by atoms with Crippen LogP contribution in [0.4, 0.5) is 0 Å². The molecule has 2 aliphatic rings. The summed E-state index contributed by atoms with van der Waals surface area (Å²) in [5.74, 6) is 1.73. The molecule has 0 aromatic rings. The van der Waals surface area contributed by atoms with E-state index >= 15 is 0 Å². The number of hydrogen-bond donors (Lipinski definition) is 2. The van der Waals surface area contributed by atoms with Crippen molar-refractivity contribution >= 4 is 18.2 Å². The van der Waals surface area contributed by atoms with E-state index in [1.54, 1.807) is 0 Å². The van der Waals surface area contributed by atoms with Crippen LogP contribution in [0.5, 0.6) is 0 Å². The van der Waals surface area contributed by atoms with Crippen molar-refractivity contribution in [3.05, 3.63) is 0 Å². The van der Waals surface area contributed by atoms with Gasteiger partial charge >= 0.3 is 0 Å². The minimum atomic E-state index is 0. The van der Waals surface area contributed by atoms with Crippen LogP contribution in [0.3, 0.4) is 0 Å². The zero-order valence-corrected chi connectivity index (χ0v) is 11.0. The molecule has 0 bridgehead atoms. The van der Waals surface area contributed by atoms with Crippen molar-refractivity contribution < 1.29 is 0 Å². The van der Waals surface area contributed by atoms with E-state index < -0.39 is 0 Å². The van der Waals surface area contributed by atoms with Gasteiger partial charge in [0.15, 0.2) is 0 Å². The Kier molecular flexibility index (Phi) is 6.18. The Morgan fingerprint density at radius 1 is 1.00 bits per heavy atom. The van der Waals surface area contributed by atoms with Gasteiger partial charge in [0.05, 0.1) is 5.84 Å². The van der Waals surface area contributed by atoms with E-state index in [4.69, 9.17) is 5.41 Å². The third-order valence-corrected chi connectivity index (χ3v) is 3.95. The fraction of sp³-hybridized carbons (Fsp3) is 0.923. The highest BCUT2D eigenvalue weighted by atomic mass is 35.5. The quantitative estimate of drug-likeness (QED) is 0.760. The van der Waals surface area contributed by atoms with E-state index in [-0.39, 0.29) is 12.4 Å². The first-order valence-corrected chi connectivity index (χ1v) is 6.68. The molecule has 1 saturated heterocycles. The van der Waals surface area contributed by atoms with Crippen molar-refractivity contribution in [1.29, 1.82) is 5.41 Å². The summed E-state index contributed by atoms with van der Waals surface area (Å²) in [6.07, 6.45) is 13.3. The lowest BCUT2D eigenvalue weighted by atomic mass is 9.84. The Morgan fingerprint density at radius 3 is 2.44 bits per heavy atom. The zero-order valence-electron chi connectivity index (χ0n) is 10.1. The Balaban J connectivity index is 0.00000128. The topological polar surface area (TPSA) is 35.9 Å². The van der Waals surface area contributed by atoms with Crippen molar-refractivity contribution in [1.82, 2.24) is 5.32 Å². The highest BCUT2D eigenvalue weighted by Gasteiger charge is 2.20. The number of halogens is 1. The van der Waals surface area contributed by atoms with Crippen LogP contribution in [0, 0.1) is 11.3 Å². The summed E-state index contributed by atoms with van der Waals surface area (Å²) in [4.78, 5) is 0. The van der Waals surface area contributed by atoms with E-state index in [9.17, 15) is 0 Å². The van der Waals surface area contributed by atoms with Crippen LogP contribution in [-0.4, -0.2) is 11.9 Å². The second kappa shape index (κ2) is 7.16. The van der Waals surface area contributed by atoms with Crippen LogP contribution in [0.2, 0.25) is 0 Å². The predicted octanol–water partition coefficient (Wildman–Crippen LogP) is 3.89. The van der Waals surface area contributed by atoms with Crippen molar-refractivity contribution in [2.24, 2.45) is 5.92 Å². The standard InChI is InChI=1S/C13H24N2.ClH/c14-13-9-5-4-8-12(15-13)10-11-6-2-1-3-7-11;/h11-12H,1-10H2,(H2,14,15);1H. The maximum Gasteiger partial charge on any atom is 0.0933 e. The number of nitrogens with one attached hydrogen (secondary N) is 2. The molecule has 1 aliphatic heterocycles. The van der Waals surface area contributed by atoms with Crippen LogP contribution in [0.25, 0.3) is 0 Å². The van der Waals surface area contributed by atoms with Gasteiger partial charge in [-0.2, -0.15) is 0 Å². The van der Waals surface area contributed by atoms with Crippen LogP contribution >= 0.6 is 12.4 Å². The molecule has 0 amide bonds. The molecule has 0 radical (unpaired) electrons. The highest BCUT2D eigenvalue weighted by Crippen LogP contribution is 2.28. The Labute approximate surface area is 105 Å². The lowest BCUT2D eigenvalue weighted by Gasteiger charge is -2.26. The molecule has 2 fully saturated rings. The van der Waals surface area contributed by atoms with E-state index in [1.165, 1.54) is 57.8 Å². The smallest absolute Gasteiger partial charge is 0.0933 e. The van der Waals surface area contributed by atoms with Crippen molar-refractivity contribution in [2.75, 3.05) is 0 Å². The fourth-order valence-electron chi connectivity index (χ4n) is 3.09. The summed E-state index contributed by atoms with van der Waals surface area (Å²) >= 11 is 0. The Hall–Kier alpha value is -0.240. The summed E-state index contributed by atoms with van der Waals surface area (Å²) in [7, 11) is 0. The molecular formula is C13H25ClN2. The molecule has 2 rings (SSSR count). The third kappa shape index (κ3) is 4.32. The molecule has 1 heterocycles. The zero-order chi connectivity index (χ0) is 10.5. The molecule has 0 spiro atoms. The molecule has 16 heavy (non-hydrogen) atoms. The van der Waals surface area contributed by atoms with Gasteiger partial charge in [0.2, 0.25) is 0 Å². The Morgan fingerprint density at radius 2 is 1.69 bits per heavy atom. The lowest BCUT2D eigenvalue weighted by Crippen LogP contribution is -2.34. The first-order chi connectivity index (χ1) is 7.34. The second-order valence-electron chi connectivity index (χ2n) is 5.31. The van der Waals surface area contributed by atoms with Gasteiger partial charge in [0, 0.05) is 12.5 Å². The van der Waals surface area contributed by atoms with Crippen LogP contribution in [0.15, 0.2) is 0 Å². The summed E-state index contributed by atoms with van der Waals surface area (Å²) in [6.45, 7) is 0. The maximum absolute atomic E-state index is 7.77. The maximum atomic E-state index is 7.77. The SMILES string of the molecule is Cl.N=C1CCCCC(CC2CCCCC2)N1. The first-order valence-electron chi connectivity index (χ1n) is 6.68. The molecule has 1 unspecified atom stereocenters. The number of rotatable bonds is 2. The summed E-state index contributed by atoms with van der Waals surface area (Å²) < 4.78 is 0. The summed E-state index contributed by atoms with van der Waals surface area (Å²) in [5, 5.41) is 11.2. The van der Waals surface area contributed by atoms with Gasteiger partial charge in [-0.15, -0.1) is 12.4 Å². The van der Waals surface area contributed by atoms with Crippen LogP contribution < -0.4 is 5.32 Å². The normalized spacial score (nSPS) is 27.8. The average Bonchev–Trinajstić information content (AvgIpc) is 2.44. The van der Waals surface area contributed by atoms with Gasteiger partial charge in [-0.25, -0.2) is 0 Å². The predicted molar refractivity (Wildman–Crippen MR) is 71.6 cm³/mol. The Bertz CT molecular complexity index is 212. The lowest BCUT2D eigenvalue weighted by molar-refractivity contribution is 0.303. The summed E-state index contributed by atoms with van der Waals surface area (Å²) in [5.41, 5.74) is 0. The molecule has 1 atom stereocenters. The van der Waals surface area contributed by atoms with Crippen LogP contribution in [0.1, 0.15) is 64.2 Å². The van der Waals surface area contributed by atoms with Crippen molar-refractivity contribution in [3.8, 4) is 0 Å². The highest BCUT2D eigenvalue weighted by molar-refractivity contribution is 5.85. The van der Waals surface area contributed by atoms with E-state index in [0.717, 1.165) is 18.2 Å². The monoisotopic (exact) mass is 244 g/mol. The first kappa shape index (κ1) is 13.8. The summed E-state index contributed by atoms with van der Waals surface area (Å²) in [6, 6.07) is 0.614. The van der Waals surface area contributed by atoms with Gasteiger partial charge in [0.25, 0.3) is 0 Å². The van der Waals surface area contributed by atoms with Gasteiger partial charge in [-0.3, -0.25) is 5.41 Å². The fourth-order valence-corrected chi connectivity index (χ4v) is 3.09. The second-order valence-corrected chi connectivity index (χ2v) is 5.31. The molecule has 0 aromatic heterocycles. The average molecular weight is 245 g/mol. The number of amidine groups is 1. The molecule has 2 N–H and O–H groups in total. The van der Waals surface area contributed by atoms with Gasteiger partial charge in [-0.05, 0) is 25.2 Å². The third-order valence-electron chi connectivity index (χ3n) is 3.95. The molecular weight excluding hydrogens is 220 g/mol. The minimum Gasteiger partial charge on any atom is -0.371 e. The molecule has 1 aliphatic carbocycles. The van der Waals surface area contributed by atoms with Gasteiger partial charge in [-0.1, -0.05) is 38.5 Å². The van der Waals surface area contributed by atoms with Crippen molar-refractivity contribution in [2.45, 2.75) is 70.3 Å². The molecule has 94 valence electrons.